The number of benzene rings is 2. The maximum atomic E-state index is 11.9. The van der Waals surface area contributed by atoms with E-state index < -0.39 is 0 Å². The number of nitrogens with zero attached hydrogens (tertiary/aromatic N) is 1. The molecule has 1 atom stereocenters. The summed E-state index contributed by atoms with van der Waals surface area (Å²) in [5.41, 5.74) is 3.19. The topological polar surface area (TPSA) is 20.3 Å². The van der Waals surface area contributed by atoms with Crippen LogP contribution in [0.25, 0.3) is 11.1 Å². The lowest BCUT2D eigenvalue weighted by molar-refractivity contribution is -0.117. The molecular formula is C16H14ClNO. The van der Waals surface area contributed by atoms with Gasteiger partial charge in [-0.2, -0.15) is 0 Å². The fraction of sp³-hybridized carbons (Fsp3) is 0.188. The van der Waals surface area contributed by atoms with Crippen LogP contribution in [0, 0.1) is 0 Å². The normalized spacial score (nSPS) is 18.9. The van der Waals surface area contributed by atoms with Gasteiger partial charge >= 0.3 is 0 Å². The Labute approximate surface area is 117 Å². The highest BCUT2D eigenvalue weighted by atomic mass is 35.5. The molecule has 0 N–H and O–H groups in total. The average Bonchev–Trinajstić information content (AvgIpc) is 2.79. The fourth-order valence-electron chi connectivity index (χ4n) is 2.40. The molecule has 1 aliphatic heterocycles. The molecule has 0 radical (unpaired) electrons. The number of anilines is 1. The highest BCUT2D eigenvalue weighted by Crippen LogP contribution is 2.28. The summed E-state index contributed by atoms with van der Waals surface area (Å²) in [6.45, 7) is 0.596. The van der Waals surface area contributed by atoms with Crippen molar-refractivity contribution in [3.63, 3.8) is 0 Å². The summed E-state index contributed by atoms with van der Waals surface area (Å²) in [5, 5.41) is -0.0760. The highest BCUT2D eigenvalue weighted by molar-refractivity contribution is 6.24. The van der Waals surface area contributed by atoms with Crippen molar-refractivity contribution in [2.24, 2.45) is 0 Å². The van der Waals surface area contributed by atoms with Crippen molar-refractivity contribution in [1.29, 1.82) is 0 Å². The SMILES string of the molecule is O=C1CC(Cl)CN1c1cccc(-c2ccccc2)c1. The minimum atomic E-state index is -0.0760. The van der Waals surface area contributed by atoms with E-state index in [2.05, 4.69) is 18.2 Å². The van der Waals surface area contributed by atoms with Crippen molar-refractivity contribution in [3.8, 4) is 11.1 Å². The Balaban J connectivity index is 1.95. The van der Waals surface area contributed by atoms with Crippen LogP contribution in [0.15, 0.2) is 54.6 Å². The Morgan fingerprint density at radius 3 is 2.42 bits per heavy atom. The Morgan fingerprint density at radius 2 is 1.74 bits per heavy atom. The van der Waals surface area contributed by atoms with Crippen molar-refractivity contribution in [2.75, 3.05) is 11.4 Å². The molecule has 1 amide bonds. The van der Waals surface area contributed by atoms with Gasteiger partial charge in [-0.1, -0.05) is 42.5 Å². The van der Waals surface area contributed by atoms with E-state index >= 15 is 0 Å². The first-order valence-electron chi connectivity index (χ1n) is 6.34. The van der Waals surface area contributed by atoms with Crippen LogP contribution < -0.4 is 4.90 Å². The van der Waals surface area contributed by atoms with E-state index in [1.807, 2.05) is 36.4 Å². The van der Waals surface area contributed by atoms with E-state index in [1.54, 1.807) is 4.90 Å². The second-order valence-corrected chi connectivity index (χ2v) is 5.34. The Hall–Kier alpha value is -1.80. The molecule has 0 saturated carbocycles. The lowest BCUT2D eigenvalue weighted by Crippen LogP contribution is -2.24. The Morgan fingerprint density at radius 1 is 1.00 bits per heavy atom. The minimum Gasteiger partial charge on any atom is -0.311 e. The number of rotatable bonds is 2. The van der Waals surface area contributed by atoms with Crippen LogP contribution in [0.5, 0.6) is 0 Å². The summed E-state index contributed by atoms with van der Waals surface area (Å²) in [5.74, 6) is 0.102. The van der Waals surface area contributed by atoms with Crippen LogP contribution >= 0.6 is 11.6 Å². The molecule has 19 heavy (non-hydrogen) atoms. The molecular weight excluding hydrogens is 258 g/mol. The Bertz CT molecular complexity index is 597. The van der Waals surface area contributed by atoms with Crippen molar-refractivity contribution >= 4 is 23.2 Å². The van der Waals surface area contributed by atoms with Crippen LogP contribution in [0.2, 0.25) is 0 Å². The van der Waals surface area contributed by atoms with Gasteiger partial charge in [0.15, 0.2) is 0 Å². The number of halogens is 1. The van der Waals surface area contributed by atoms with E-state index in [1.165, 1.54) is 0 Å². The number of carbonyl (C=O) groups excluding carboxylic acids is 1. The molecule has 1 aliphatic rings. The van der Waals surface area contributed by atoms with E-state index in [4.69, 9.17) is 11.6 Å². The third-order valence-corrected chi connectivity index (χ3v) is 3.64. The Kier molecular flexibility index (Phi) is 3.26. The lowest BCUT2D eigenvalue weighted by Gasteiger charge is -2.17. The summed E-state index contributed by atoms with van der Waals surface area (Å²) >= 11 is 6.05. The number of alkyl halides is 1. The van der Waals surface area contributed by atoms with E-state index in [-0.39, 0.29) is 11.3 Å². The first-order chi connectivity index (χ1) is 9.24. The monoisotopic (exact) mass is 271 g/mol. The molecule has 96 valence electrons. The van der Waals surface area contributed by atoms with Gasteiger partial charge in [-0.3, -0.25) is 4.79 Å². The fourth-order valence-corrected chi connectivity index (χ4v) is 2.67. The smallest absolute Gasteiger partial charge is 0.228 e. The van der Waals surface area contributed by atoms with Gasteiger partial charge in [-0.25, -0.2) is 0 Å². The van der Waals surface area contributed by atoms with Crippen molar-refractivity contribution < 1.29 is 4.79 Å². The second-order valence-electron chi connectivity index (χ2n) is 4.72. The predicted molar refractivity (Wildman–Crippen MR) is 78.5 cm³/mol. The van der Waals surface area contributed by atoms with Gasteiger partial charge in [-0.15, -0.1) is 11.6 Å². The van der Waals surface area contributed by atoms with Crippen LogP contribution in [-0.4, -0.2) is 17.8 Å². The van der Waals surface area contributed by atoms with Gasteiger partial charge in [-0.05, 0) is 23.3 Å². The second kappa shape index (κ2) is 5.06. The number of amides is 1. The molecule has 1 fully saturated rings. The number of hydrogen-bond acceptors (Lipinski definition) is 1. The van der Waals surface area contributed by atoms with E-state index in [0.717, 1.165) is 16.8 Å². The molecule has 0 aliphatic carbocycles. The highest BCUT2D eigenvalue weighted by Gasteiger charge is 2.29. The maximum Gasteiger partial charge on any atom is 0.228 e. The molecule has 1 unspecified atom stereocenters. The molecule has 1 heterocycles. The molecule has 2 aromatic carbocycles. The molecule has 2 nitrogen and oxygen atoms in total. The molecule has 3 heteroatoms. The maximum absolute atomic E-state index is 11.9. The van der Waals surface area contributed by atoms with Crippen LogP contribution in [0.1, 0.15) is 6.42 Å². The summed E-state index contributed by atoms with van der Waals surface area (Å²) in [6.07, 6.45) is 0.428. The summed E-state index contributed by atoms with van der Waals surface area (Å²) in [7, 11) is 0. The summed E-state index contributed by atoms with van der Waals surface area (Å²) in [6, 6.07) is 18.2. The average molecular weight is 272 g/mol. The molecule has 3 rings (SSSR count). The van der Waals surface area contributed by atoms with E-state index in [0.29, 0.717) is 13.0 Å². The molecule has 0 spiro atoms. The van der Waals surface area contributed by atoms with E-state index in [9.17, 15) is 4.79 Å². The number of hydrogen-bond donors (Lipinski definition) is 0. The largest absolute Gasteiger partial charge is 0.311 e. The van der Waals surface area contributed by atoms with Gasteiger partial charge < -0.3 is 4.90 Å². The third-order valence-electron chi connectivity index (χ3n) is 3.34. The van der Waals surface area contributed by atoms with Gasteiger partial charge in [0.2, 0.25) is 5.91 Å². The van der Waals surface area contributed by atoms with Crippen LogP contribution in [0.4, 0.5) is 5.69 Å². The zero-order chi connectivity index (χ0) is 13.2. The zero-order valence-corrected chi connectivity index (χ0v) is 11.2. The molecule has 0 bridgehead atoms. The van der Waals surface area contributed by atoms with Gasteiger partial charge in [0, 0.05) is 18.7 Å². The molecule has 0 aromatic heterocycles. The quantitative estimate of drug-likeness (QED) is 0.763. The minimum absolute atomic E-state index is 0.0760. The lowest BCUT2D eigenvalue weighted by atomic mass is 10.1. The van der Waals surface area contributed by atoms with Gasteiger partial charge in [0.25, 0.3) is 0 Å². The van der Waals surface area contributed by atoms with Crippen LogP contribution in [-0.2, 0) is 4.79 Å². The predicted octanol–water partition coefficient (Wildman–Crippen LogP) is 3.70. The molecule has 1 saturated heterocycles. The van der Waals surface area contributed by atoms with Crippen LogP contribution in [0.3, 0.4) is 0 Å². The summed E-state index contributed by atoms with van der Waals surface area (Å²) in [4.78, 5) is 13.6. The van der Waals surface area contributed by atoms with Crippen molar-refractivity contribution in [3.05, 3.63) is 54.6 Å². The van der Waals surface area contributed by atoms with Gasteiger partial charge in [0.05, 0.1) is 5.38 Å². The zero-order valence-electron chi connectivity index (χ0n) is 10.4. The molecule has 2 aromatic rings. The summed E-state index contributed by atoms with van der Waals surface area (Å²) < 4.78 is 0. The standard InChI is InChI=1S/C16H14ClNO/c17-14-10-16(19)18(11-14)15-8-4-7-13(9-15)12-5-2-1-3-6-12/h1-9,14H,10-11H2. The third kappa shape index (κ3) is 2.49. The van der Waals surface area contributed by atoms with Crippen molar-refractivity contribution in [1.82, 2.24) is 0 Å². The first kappa shape index (κ1) is 12.2. The first-order valence-corrected chi connectivity index (χ1v) is 6.77. The number of carbonyl (C=O) groups is 1. The van der Waals surface area contributed by atoms with Gasteiger partial charge in [0.1, 0.15) is 0 Å². The van der Waals surface area contributed by atoms with Crippen molar-refractivity contribution in [2.45, 2.75) is 11.8 Å².